The Labute approximate surface area is 162 Å². The van der Waals surface area contributed by atoms with Crippen molar-refractivity contribution in [2.75, 3.05) is 7.11 Å². The summed E-state index contributed by atoms with van der Waals surface area (Å²) in [6, 6.07) is 25.0. The number of nitrogens with zero attached hydrogens (tertiary/aromatic N) is 1. The van der Waals surface area contributed by atoms with Gasteiger partial charge in [0.15, 0.2) is 0 Å². The zero-order chi connectivity index (χ0) is 18.8. The molecule has 1 aromatic heterocycles. The number of aromatic nitrogens is 1. The molecule has 0 atom stereocenters. The number of hydrogen-bond donors (Lipinski definition) is 0. The summed E-state index contributed by atoms with van der Waals surface area (Å²) >= 11 is 6.03. The highest BCUT2D eigenvalue weighted by atomic mass is 35.5. The molecule has 0 amide bonds. The second-order valence-electron chi connectivity index (χ2n) is 6.36. The highest BCUT2D eigenvalue weighted by Crippen LogP contribution is 2.31. The molecular formula is C23H18ClNO2. The van der Waals surface area contributed by atoms with Gasteiger partial charge in [-0.05, 0) is 47.0 Å². The third-order valence-electron chi connectivity index (χ3n) is 4.66. The summed E-state index contributed by atoms with van der Waals surface area (Å²) in [6.07, 6.45) is 0. The molecule has 0 bridgehead atoms. The number of pyridine rings is 1. The third kappa shape index (κ3) is 3.46. The van der Waals surface area contributed by atoms with E-state index in [9.17, 15) is 4.79 Å². The van der Waals surface area contributed by atoms with Crippen LogP contribution in [0.15, 0.2) is 83.7 Å². The standard InChI is InChI=1S/C23H18ClNO2/c1-27-19-11-12-22-21(13-19)20(17-7-9-18(24)10-8-17)14-23(26)25(22)15-16-5-3-2-4-6-16/h2-14H,15H2,1H3. The van der Waals surface area contributed by atoms with Gasteiger partial charge in [-0.2, -0.15) is 0 Å². The molecule has 0 spiro atoms. The number of methoxy groups -OCH3 is 1. The maximum atomic E-state index is 13.0. The Hall–Kier alpha value is -3.04. The quantitative estimate of drug-likeness (QED) is 0.479. The Kier molecular flexibility index (Phi) is 4.69. The van der Waals surface area contributed by atoms with Crippen molar-refractivity contribution >= 4 is 22.5 Å². The van der Waals surface area contributed by atoms with Crippen molar-refractivity contribution < 1.29 is 4.74 Å². The average Bonchev–Trinajstić information content (AvgIpc) is 2.71. The molecule has 0 radical (unpaired) electrons. The summed E-state index contributed by atoms with van der Waals surface area (Å²) in [5.41, 5.74) is 3.73. The van der Waals surface area contributed by atoms with Crippen LogP contribution in [-0.2, 0) is 6.54 Å². The molecule has 0 saturated heterocycles. The van der Waals surface area contributed by atoms with E-state index in [0.717, 1.165) is 33.3 Å². The fraction of sp³-hybridized carbons (Fsp3) is 0.0870. The van der Waals surface area contributed by atoms with Gasteiger partial charge >= 0.3 is 0 Å². The highest BCUT2D eigenvalue weighted by molar-refractivity contribution is 6.30. The van der Waals surface area contributed by atoms with Crippen LogP contribution in [0.4, 0.5) is 0 Å². The molecule has 0 aliphatic rings. The molecular weight excluding hydrogens is 358 g/mol. The van der Waals surface area contributed by atoms with Gasteiger partial charge in [0, 0.05) is 16.5 Å². The van der Waals surface area contributed by atoms with E-state index in [0.29, 0.717) is 11.6 Å². The van der Waals surface area contributed by atoms with Gasteiger partial charge in [-0.1, -0.05) is 54.1 Å². The number of rotatable bonds is 4. The second kappa shape index (κ2) is 7.29. The van der Waals surface area contributed by atoms with Crippen molar-refractivity contribution in [1.82, 2.24) is 4.57 Å². The number of hydrogen-bond acceptors (Lipinski definition) is 2. The first-order valence-corrected chi connectivity index (χ1v) is 9.05. The summed E-state index contributed by atoms with van der Waals surface area (Å²) in [5, 5.41) is 1.63. The minimum Gasteiger partial charge on any atom is -0.497 e. The van der Waals surface area contributed by atoms with Crippen molar-refractivity contribution in [3.63, 3.8) is 0 Å². The van der Waals surface area contributed by atoms with Crippen LogP contribution in [-0.4, -0.2) is 11.7 Å². The zero-order valence-electron chi connectivity index (χ0n) is 14.9. The van der Waals surface area contributed by atoms with E-state index in [1.807, 2.05) is 72.8 Å². The summed E-state index contributed by atoms with van der Waals surface area (Å²) in [4.78, 5) is 13.0. The van der Waals surface area contributed by atoms with E-state index < -0.39 is 0 Å². The lowest BCUT2D eigenvalue weighted by molar-refractivity contribution is 0.415. The molecule has 1 heterocycles. The number of halogens is 1. The number of fused-ring (bicyclic) bond motifs is 1. The molecule has 0 saturated carbocycles. The molecule has 0 fully saturated rings. The first kappa shape index (κ1) is 17.4. The predicted octanol–water partition coefficient (Wildman–Crippen LogP) is 5.38. The van der Waals surface area contributed by atoms with E-state index in [-0.39, 0.29) is 5.56 Å². The molecule has 3 aromatic carbocycles. The molecule has 4 rings (SSSR count). The summed E-state index contributed by atoms with van der Waals surface area (Å²) in [6.45, 7) is 0.517. The summed E-state index contributed by atoms with van der Waals surface area (Å²) in [7, 11) is 1.64. The summed E-state index contributed by atoms with van der Waals surface area (Å²) < 4.78 is 7.21. The molecule has 0 aliphatic carbocycles. The lowest BCUT2D eigenvalue weighted by Crippen LogP contribution is -2.20. The normalized spacial score (nSPS) is 10.9. The van der Waals surface area contributed by atoms with Gasteiger partial charge < -0.3 is 9.30 Å². The van der Waals surface area contributed by atoms with Crippen molar-refractivity contribution in [2.24, 2.45) is 0 Å². The van der Waals surface area contributed by atoms with Gasteiger partial charge in [0.2, 0.25) is 0 Å². The smallest absolute Gasteiger partial charge is 0.251 e. The fourth-order valence-corrected chi connectivity index (χ4v) is 3.41. The molecule has 0 aliphatic heterocycles. The first-order chi connectivity index (χ1) is 13.2. The first-order valence-electron chi connectivity index (χ1n) is 8.67. The minimum atomic E-state index is -0.0403. The van der Waals surface area contributed by atoms with Crippen LogP contribution in [0.2, 0.25) is 5.02 Å². The topological polar surface area (TPSA) is 31.2 Å². The molecule has 27 heavy (non-hydrogen) atoms. The largest absolute Gasteiger partial charge is 0.497 e. The number of benzene rings is 3. The molecule has 0 N–H and O–H groups in total. The Bertz CT molecular complexity index is 1150. The van der Waals surface area contributed by atoms with Crippen molar-refractivity contribution in [3.05, 3.63) is 99.8 Å². The Morgan fingerprint density at radius 3 is 2.37 bits per heavy atom. The molecule has 0 unspecified atom stereocenters. The van der Waals surface area contributed by atoms with E-state index in [1.54, 1.807) is 17.7 Å². The van der Waals surface area contributed by atoms with Crippen LogP contribution in [0, 0.1) is 0 Å². The maximum absolute atomic E-state index is 13.0. The Morgan fingerprint density at radius 2 is 1.67 bits per heavy atom. The average molecular weight is 376 g/mol. The van der Waals surface area contributed by atoms with Gasteiger partial charge in [-0.3, -0.25) is 4.79 Å². The maximum Gasteiger partial charge on any atom is 0.251 e. The third-order valence-corrected chi connectivity index (χ3v) is 4.91. The van der Waals surface area contributed by atoms with Crippen LogP contribution < -0.4 is 10.3 Å². The van der Waals surface area contributed by atoms with Gasteiger partial charge in [0.25, 0.3) is 5.56 Å². The van der Waals surface area contributed by atoms with Gasteiger partial charge in [0.1, 0.15) is 5.75 Å². The van der Waals surface area contributed by atoms with Gasteiger partial charge in [0.05, 0.1) is 19.2 Å². The summed E-state index contributed by atoms with van der Waals surface area (Å²) in [5.74, 6) is 0.752. The van der Waals surface area contributed by atoms with E-state index >= 15 is 0 Å². The van der Waals surface area contributed by atoms with E-state index in [1.165, 1.54) is 0 Å². The van der Waals surface area contributed by atoms with Crippen LogP contribution in [0.5, 0.6) is 5.75 Å². The van der Waals surface area contributed by atoms with Crippen molar-refractivity contribution in [2.45, 2.75) is 6.54 Å². The Morgan fingerprint density at radius 1 is 0.926 bits per heavy atom. The van der Waals surface area contributed by atoms with Gasteiger partial charge in [-0.25, -0.2) is 0 Å². The van der Waals surface area contributed by atoms with Crippen LogP contribution in [0.1, 0.15) is 5.56 Å². The van der Waals surface area contributed by atoms with Crippen LogP contribution in [0.3, 0.4) is 0 Å². The SMILES string of the molecule is COc1ccc2c(c1)c(-c1ccc(Cl)cc1)cc(=O)n2Cc1ccccc1. The van der Waals surface area contributed by atoms with Crippen molar-refractivity contribution in [1.29, 1.82) is 0 Å². The van der Waals surface area contributed by atoms with E-state index in [4.69, 9.17) is 16.3 Å². The Balaban J connectivity index is 1.96. The molecule has 3 nitrogen and oxygen atoms in total. The van der Waals surface area contributed by atoms with Crippen LogP contribution in [0.25, 0.3) is 22.0 Å². The highest BCUT2D eigenvalue weighted by Gasteiger charge is 2.12. The molecule has 134 valence electrons. The monoisotopic (exact) mass is 375 g/mol. The van der Waals surface area contributed by atoms with Crippen molar-refractivity contribution in [3.8, 4) is 16.9 Å². The van der Waals surface area contributed by atoms with E-state index in [2.05, 4.69) is 0 Å². The number of ether oxygens (including phenoxy) is 1. The lowest BCUT2D eigenvalue weighted by atomic mass is 10.0. The molecule has 4 aromatic rings. The molecule has 4 heteroatoms. The predicted molar refractivity (Wildman–Crippen MR) is 111 cm³/mol. The fourth-order valence-electron chi connectivity index (χ4n) is 3.29. The van der Waals surface area contributed by atoms with Gasteiger partial charge in [-0.15, -0.1) is 0 Å². The second-order valence-corrected chi connectivity index (χ2v) is 6.79. The minimum absolute atomic E-state index is 0.0403. The van der Waals surface area contributed by atoms with Crippen LogP contribution >= 0.6 is 11.6 Å². The zero-order valence-corrected chi connectivity index (χ0v) is 15.6. The lowest BCUT2D eigenvalue weighted by Gasteiger charge is -2.15.